The minimum atomic E-state index is -0.837. The van der Waals surface area contributed by atoms with Crippen LogP contribution in [0.15, 0.2) is 24.3 Å². The molecule has 0 aliphatic rings. The van der Waals surface area contributed by atoms with Crippen LogP contribution in [0.4, 0.5) is 4.39 Å². The smallest absolute Gasteiger partial charge is 0.123 e. The molecule has 102 valence electrons. The van der Waals surface area contributed by atoms with Crippen LogP contribution in [-0.2, 0) is 10.2 Å². The van der Waals surface area contributed by atoms with Crippen molar-refractivity contribution >= 4 is 0 Å². The fraction of sp³-hybridized carbons (Fsp3) is 0.571. The minimum Gasteiger partial charge on any atom is -0.395 e. The van der Waals surface area contributed by atoms with Gasteiger partial charge in [0, 0.05) is 18.6 Å². The summed E-state index contributed by atoms with van der Waals surface area (Å²) in [6, 6.07) is 6.00. The molecule has 3 nitrogen and oxygen atoms in total. The van der Waals surface area contributed by atoms with Gasteiger partial charge in [-0.3, -0.25) is 0 Å². The first-order valence-electron chi connectivity index (χ1n) is 6.24. The Bertz CT molecular complexity index is 351. The molecule has 0 unspecified atom stereocenters. The lowest BCUT2D eigenvalue weighted by molar-refractivity contribution is 0.0626. The van der Waals surface area contributed by atoms with Crippen molar-refractivity contribution < 1.29 is 19.3 Å². The van der Waals surface area contributed by atoms with Crippen LogP contribution in [0.5, 0.6) is 0 Å². The summed E-state index contributed by atoms with van der Waals surface area (Å²) in [6.07, 6.45) is 1.38. The maximum Gasteiger partial charge on any atom is 0.123 e. The van der Waals surface area contributed by atoms with Crippen molar-refractivity contribution in [2.45, 2.75) is 25.2 Å². The van der Waals surface area contributed by atoms with Gasteiger partial charge in [0.25, 0.3) is 0 Å². The monoisotopic (exact) mass is 256 g/mol. The van der Waals surface area contributed by atoms with Crippen molar-refractivity contribution in [3.8, 4) is 0 Å². The van der Waals surface area contributed by atoms with Gasteiger partial charge in [-0.15, -0.1) is 0 Å². The molecule has 0 aliphatic carbocycles. The van der Waals surface area contributed by atoms with Gasteiger partial charge < -0.3 is 14.9 Å². The maximum atomic E-state index is 13.2. The normalized spacial score (nSPS) is 11.8. The second-order valence-corrected chi connectivity index (χ2v) is 4.47. The third kappa shape index (κ3) is 3.77. The topological polar surface area (TPSA) is 49.7 Å². The Labute approximate surface area is 107 Å². The summed E-state index contributed by atoms with van der Waals surface area (Å²) in [5.41, 5.74) is -0.233. The molecular formula is C14H21FO3. The van der Waals surface area contributed by atoms with E-state index in [9.17, 15) is 14.6 Å². The van der Waals surface area contributed by atoms with Crippen molar-refractivity contribution in [2.24, 2.45) is 0 Å². The molecule has 0 atom stereocenters. The zero-order valence-electron chi connectivity index (χ0n) is 10.7. The van der Waals surface area contributed by atoms with Crippen molar-refractivity contribution in [3.63, 3.8) is 0 Å². The Balaban J connectivity index is 2.79. The van der Waals surface area contributed by atoms with E-state index in [1.54, 1.807) is 12.1 Å². The summed E-state index contributed by atoms with van der Waals surface area (Å²) in [4.78, 5) is 0. The highest BCUT2D eigenvalue weighted by Gasteiger charge is 2.31. The highest BCUT2D eigenvalue weighted by molar-refractivity contribution is 5.26. The first-order valence-corrected chi connectivity index (χ1v) is 6.24. The second-order valence-electron chi connectivity index (χ2n) is 4.47. The molecule has 2 N–H and O–H groups in total. The molecule has 0 heterocycles. The predicted octanol–water partition coefficient (Wildman–Crippen LogP) is 1.86. The van der Waals surface area contributed by atoms with Gasteiger partial charge in [0.1, 0.15) is 5.82 Å². The van der Waals surface area contributed by atoms with E-state index in [0.717, 1.165) is 6.42 Å². The van der Waals surface area contributed by atoms with Gasteiger partial charge in [0.2, 0.25) is 0 Å². The van der Waals surface area contributed by atoms with Gasteiger partial charge in [-0.05, 0) is 30.5 Å². The lowest BCUT2D eigenvalue weighted by Gasteiger charge is -2.30. The molecule has 0 bridgehead atoms. The van der Waals surface area contributed by atoms with Crippen LogP contribution in [0.2, 0.25) is 0 Å². The van der Waals surface area contributed by atoms with E-state index >= 15 is 0 Å². The molecule has 0 spiro atoms. The summed E-state index contributed by atoms with van der Waals surface area (Å²) in [6.45, 7) is 2.63. The SMILES string of the molecule is CCCOCCC(CO)(CO)c1cccc(F)c1. The number of aliphatic hydroxyl groups excluding tert-OH is 2. The summed E-state index contributed by atoms with van der Waals surface area (Å²) in [7, 11) is 0. The zero-order chi connectivity index (χ0) is 13.4. The average Bonchev–Trinajstić information content (AvgIpc) is 2.40. The minimum absolute atomic E-state index is 0.234. The molecule has 18 heavy (non-hydrogen) atoms. The maximum absolute atomic E-state index is 13.2. The molecule has 0 saturated heterocycles. The van der Waals surface area contributed by atoms with Gasteiger partial charge in [-0.1, -0.05) is 19.1 Å². The largest absolute Gasteiger partial charge is 0.395 e. The predicted molar refractivity (Wildman–Crippen MR) is 68.0 cm³/mol. The Hall–Kier alpha value is -0.970. The summed E-state index contributed by atoms with van der Waals surface area (Å²) in [5.74, 6) is -0.367. The molecule has 1 aromatic carbocycles. The van der Waals surface area contributed by atoms with E-state index in [-0.39, 0.29) is 19.0 Å². The van der Waals surface area contributed by atoms with Crippen LogP contribution in [0, 0.1) is 5.82 Å². The fourth-order valence-electron chi connectivity index (χ4n) is 1.87. The Morgan fingerprint density at radius 1 is 1.22 bits per heavy atom. The third-order valence-electron chi connectivity index (χ3n) is 3.12. The molecule has 0 aliphatic heterocycles. The number of ether oxygens (including phenoxy) is 1. The van der Waals surface area contributed by atoms with Crippen LogP contribution in [-0.4, -0.2) is 36.6 Å². The zero-order valence-corrected chi connectivity index (χ0v) is 10.7. The quantitative estimate of drug-likeness (QED) is 0.698. The number of hydrogen-bond donors (Lipinski definition) is 2. The average molecular weight is 256 g/mol. The molecule has 1 aromatic rings. The molecule has 4 heteroatoms. The summed E-state index contributed by atoms with van der Waals surface area (Å²) in [5, 5.41) is 19.1. The van der Waals surface area contributed by atoms with Crippen molar-refractivity contribution in [1.29, 1.82) is 0 Å². The van der Waals surface area contributed by atoms with E-state index in [2.05, 4.69) is 0 Å². The van der Waals surface area contributed by atoms with Crippen molar-refractivity contribution in [2.75, 3.05) is 26.4 Å². The second kappa shape index (κ2) is 7.46. The van der Waals surface area contributed by atoms with Crippen LogP contribution in [0.1, 0.15) is 25.3 Å². The van der Waals surface area contributed by atoms with Gasteiger partial charge in [0.15, 0.2) is 0 Å². The molecule has 1 rings (SSSR count). The molecular weight excluding hydrogens is 235 g/mol. The van der Waals surface area contributed by atoms with Gasteiger partial charge in [-0.25, -0.2) is 4.39 Å². The van der Waals surface area contributed by atoms with Crippen LogP contribution in [0.25, 0.3) is 0 Å². The number of hydrogen-bond acceptors (Lipinski definition) is 3. The van der Waals surface area contributed by atoms with E-state index in [0.29, 0.717) is 25.2 Å². The Morgan fingerprint density at radius 2 is 1.94 bits per heavy atom. The van der Waals surface area contributed by atoms with Crippen molar-refractivity contribution in [3.05, 3.63) is 35.6 Å². The molecule has 0 radical (unpaired) electrons. The van der Waals surface area contributed by atoms with E-state index in [1.165, 1.54) is 12.1 Å². The van der Waals surface area contributed by atoms with E-state index < -0.39 is 5.41 Å². The molecule has 0 aromatic heterocycles. The lowest BCUT2D eigenvalue weighted by atomic mass is 9.79. The van der Waals surface area contributed by atoms with Gasteiger partial charge in [0.05, 0.1) is 13.2 Å². The number of rotatable bonds is 8. The Morgan fingerprint density at radius 3 is 2.50 bits per heavy atom. The molecule has 0 amide bonds. The van der Waals surface area contributed by atoms with Gasteiger partial charge >= 0.3 is 0 Å². The fourth-order valence-corrected chi connectivity index (χ4v) is 1.87. The van der Waals surface area contributed by atoms with Crippen LogP contribution >= 0.6 is 0 Å². The van der Waals surface area contributed by atoms with E-state index in [4.69, 9.17) is 4.74 Å². The molecule has 0 saturated carbocycles. The lowest BCUT2D eigenvalue weighted by Crippen LogP contribution is -2.36. The van der Waals surface area contributed by atoms with Gasteiger partial charge in [-0.2, -0.15) is 0 Å². The number of aliphatic hydroxyl groups is 2. The summed E-state index contributed by atoms with van der Waals surface area (Å²) >= 11 is 0. The van der Waals surface area contributed by atoms with Crippen LogP contribution < -0.4 is 0 Å². The Kier molecular flexibility index (Phi) is 6.25. The first kappa shape index (κ1) is 15.1. The van der Waals surface area contributed by atoms with Crippen LogP contribution in [0.3, 0.4) is 0 Å². The van der Waals surface area contributed by atoms with E-state index in [1.807, 2.05) is 6.92 Å². The molecule has 0 fully saturated rings. The highest BCUT2D eigenvalue weighted by atomic mass is 19.1. The summed E-state index contributed by atoms with van der Waals surface area (Å²) < 4.78 is 18.6. The highest BCUT2D eigenvalue weighted by Crippen LogP contribution is 2.28. The van der Waals surface area contributed by atoms with Crippen molar-refractivity contribution in [1.82, 2.24) is 0 Å². The third-order valence-corrected chi connectivity index (χ3v) is 3.12. The number of halogens is 1. The standard InChI is InChI=1S/C14H21FO3/c1-2-7-18-8-6-14(10-16,11-17)12-4-3-5-13(15)9-12/h3-5,9,16-17H,2,6-8,10-11H2,1H3. The number of benzene rings is 1. The first-order chi connectivity index (χ1) is 8.68.